The van der Waals surface area contributed by atoms with Crippen molar-refractivity contribution in [1.82, 2.24) is 0 Å². The Bertz CT molecular complexity index is 507. The van der Waals surface area contributed by atoms with Gasteiger partial charge < -0.3 is 0 Å². The third-order valence-corrected chi connectivity index (χ3v) is 7.17. The van der Waals surface area contributed by atoms with Crippen molar-refractivity contribution in [3.05, 3.63) is 34.9 Å². The summed E-state index contributed by atoms with van der Waals surface area (Å²) in [5, 5.41) is 0. The minimum absolute atomic E-state index is 0.852. The Labute approximate surface area is 156 Å². The van der Waals surface area contributed by atoms with E-state index in [9.17, 15) is 0 Å². The summed E-state index contributed by atoms with van der Waals surface area (Å²) in [7, 11) is 0. The summed E-state index contributed by atoms with van der Waals surface area (Å²) in [6, 6.07) is 7.55. The van der Waals surface area contributed by atoms with Gasteiger partial charge in [-0.3, -0.25) is 0 Å². The lowest BCUT2D eigenvalue weighted by molar-refractivity contribution is 0.301. The quantitative estimate of drug-likeness (QED) is 0.423. The highest BCUT2D eigenvalue weighted by Crippen LogP contribution is 2.39. The highest BCUT2D eigenvalue weighted by Gasteiger charge is 2.24. The molecule has 0 nitrogen and oxygen atoms in total. The van der Waals surface area contributed by atoms with Gasteiger partial charge in [-0.25, -0.2) is 0 Å². The standard InChI is InChI=1S/C25H40/c1-3-5-6-7-8-9-21-11-13-22(14-12-21)24-17-16-23-18-20(4-2)10-15-25(23)19-24/h16-17,19-22H,3-15,18H2,1-2H3. The molecule has 2 aliphatic carbocycles. The average Bonchev–Trinajstić information content (AvgIpc) is 2.67. The van der Waals surface area contributed by atoms with Crippen molar-refractivity contribution in [3.8, 4) is 0 Å². The van der Waals surface area contributed by atoms with Gasteiger partial charge in [0.1, 0.15) is 0 Å². The van der Waals surface area contributed by atoms with E-state index in [2.05, 4.69) is 32.0 Å². The van der Waals surface area contributed by atoms with E-state index in [1.54, 1.807) is 16.7 Å². The second kappa shape index (κ2) is 9.79. The summed E-state index contributed by atoms with van der Waals surface area (Å²) in [5.74, 6) is 2.82. The number of unbranched alkanes of at least 4 members (excludes halogenated alkanes) is 4. The number of benzene rings is 1. The SMILES string of the molecule is CCCCCCCC1CCC(c2ccc3c(c2)CCC(CC)C3)CC1. The molecule has 140 valence electrons. The largest absolute Gasteiger partial charge is 0.0654 e. The minimum atomic E-state index is 0.852. The third-order valence-electron chi connectivity index (χ3n) is 7.17. The molecule has 0 N–H and O–H groups in total. The summed E-state index contributed by atoms with van der Waals surface area (Å²) in [4.78, 5) is 0. The van der Waals surface area contributed by atoms with Crippen molar-refractivity contribution in [2.24, 2.45) is 11.8 Å². The molecule has 0 saturated heterocycles. The van der Waals surface area contributed by atoms with Crippen LogP contribution in [0.5, 0.6) is 0 Å². The Hall–Kier alpha value is -0.780. The molecule has 0 aromatic heterocycles. The van der Waals surface area contributed by atoms with Crippen molar-refractivity contribution in [2.75, 3.05) is 0 Å². The molecule has 25 heavy (non-hydrogen) atoms. The van der Waals surface area contributed by atoms with Crippen LogP contribution in [0.15, 0.2) is 18.2 Å². The summed E-state index contributed by atoms with van der Waals surface area (Å²) in [6.45, 7) is 4.66. The van der Waals surface area contributed by atoms with Gasteiger partial charge >= 0.3 is 0 Å². The molecular formula is C25H40. The molecule has 1 fully saturated rings. The molecule has 0 bridgehead atoms. The first kappa shape index (κ1) is 19.0. The average molecular weight is 341 g/mol. The Balaban J connectivity index is 1.45. The Morgan fingerprint density at radius 3 is 2.36 bits per heavy atom. The highest BCUT2D eigenvalue weighted by molar-refractivity contribution is 5.36. The Morgan fingerprint density at radius 1 is 0.800 bits per heavy atom. The van der Waals surface area contributed by atoms with Crippen molar-refractivity contribution in [3.63, 3.8) is 0 Å². The molecule has 0 heterocycles. The third kappa shape index (κ3) is 5.35. The van der Waals surface area contributed by atoms with Gasteiger partial charge in [0.15, 0.2) is 0 Å². The zero-order valence-electron chi connectivity index (χ0n) is 16.9. The molecule has 0 amide bonds. The van der Waals surface area contributed by atoms with Crippen molar-refractivity contribution < 1.29 is 0 Å². The molecule has 1 unspecified atom stereocenters. The van der Waals surface area contributed by atoms with Crippen molar-refractivity contribution >= 4 is 0 Å². The number of aryl methyl sites for hydroxylation is 1. The Kier molecular flexibility index (Phi) is 7.44. The zero-order chi connectivity index (χ0) is 17.5. The molecule has 1 atom stereocenters. The first-order valence-corrected chi connectivity index (χ1v) is 11.4. The van der Waals surface area contributed by atoms with Gasteiger partial charge in [0.2, 0.25) is 0 Å². The summed E-state index contributed by atoms with van der Waals surface area (Å²) < 4.78 is 0. The Morgan fingerprint density at radius 2 is 1.60 bits per heavy atom. The molecule has 0 spiro atoms. The van der Waals surface area contributed by atoms with E-state index in [0.717, 1.165) is 17.8 Å². The fourth-order valence-electron chi connectivity index (χ4n) is 5.27. The molecule has 1 aromatic rings. The first-order valence-electron chi connectivity index (χ1n) is 11.4. The monoisotopic (exact) mass is 340 g/mol. The number of fused-ring (bicyclic) bond motifs is 1. The number of hydrogen-bond acceptors (Lipinski definition) is 0. The highest BCUT2D eigenvalue weighted by atomic mass is 14.3. The maximum absolute atomic E-state index is 2.59. The van der Waals surface area contributed by atoms with E-state index < -0.39 is 0 Å². The summed E-state index contributed by atoms with van der Waals surface area (Å²) >= 11 is 0. The minimum Gasteiger partial charge on any atom is -0.0654 e. The van der Waals surface area contributed by atoms with E-state index in [4.69, 9.17) is 0 Å². The van der Waals surface area contributed by atoms with Crippen LogP contribution < -0.4 is 0 Å². The van der Waals surface area contributed by atoms with Crippen LogP contribution in [0, 0.1) is 11.8 Å². The van der Waals surface area contributed by atoms with Crippen molar-refractivity contribution in [2.45, 2.75) is 110 Å². The van der Waals surface area contributed by atoms with Gasteiger partial charge in [-0.1, -0.05) is 77.0 Å². The number of rotatable bonds is 8. The molecule has 2 aliphatic rings. The van der Waals surface area contributed by atoms with Crippen LogP contribution in [0.4, 0.5) is 0 Å². The molecular weight excluding hydrogens is 300 g/mol. The molecule has 1 aromatic carbocycles. The van der Waals surface area contributed by atoms with Gasteiger partial charge in [0.05, 0.1) is 0 Å². The predicted molar refractivity (Wildman–Crippen MR) is 110 cm³/mol. The second-order valence-electron chi connectivity index (χ2n) is 8.97. The van der Waals surface area contributed by atoms with E-state index in [0.29, 0.717) is 0 Å². The molecule has 1 saturated carbocycles. The zero-order valence-corrected chi connectivity index (χ0v) is 16.9. The first-order chi connectivity index (χ1) is 12.3. The van der Waals surface area contributed by atoms with Gasteiger partial charge in [0, 0.05) is 0 Å². The van der Waals surface area contributed by atoms with Gasteiger partial charge in [-0.2, -0.15) is 0 Å². The summed E-state index contributed by atoms with van der Waals surface area (Å²) in [6.07, 6.45) is 20.0. The van der Waals surface area contributed by atoms with Crippen LogP contribution in [-0.4, -0.2) is 0 Å². The van der Waals surface area contributed by atoms with E-state index in [1.165, 1.54) is 89.9 Å². The van der Waals surface area contributed by atoms with Crippen LogP contribution in [0.2, 0.25) is 0 Å². The molecule has 3 rings (SSSR count). The maximum atomic E-state index is 2.59. The van der Waals surface area contributed by atoms with Crippen LogP contribution in [0.3, 0.4) is 0 Å². The van der Waals surface area contributed by atoms with Crippen LogP contribution in [0.25, 0.3) is 0 Å². The van der Waals surface area contributed by atoms with Crippen LogP contribution >= 0.6 is 0 Å². The van der Waals surface area contributed by atoms with E-state index in [1.807, 2.05) is 0 Å². The van der Waals surface area contributed by atoms with Gasteiger partial charge in [-0.15, -0.1) is 0 Å². The topological polar surface area (TPSA) is 0 Å². The van der Waals surface area contributed by atoms with Crippen LogP contribution in [0.1, 0.15) is 114 Å². The summed E-state index contributed by atoms with van der Waals surface area (Å²) in [5.41, 5.74) is 5.00. The van der Waals surface area contributed by atoms with Gasteiger partial charge in [0.25, 0.3) is 0 Å². The lowest BCUT2D eigenvalue weighted by atomic mass is 9.75. The lowest BCUT2D eigenvalue weighted by Gasteiger charge is -2.30. The van der Waals surface area contributed by atoms with E-state index >= 15 is 0 Å². The lowest BCUT2D eigenvalue weighted by Crippen LogP contribution is -2.16. The van der Waals surface area contributed by atoms with Crippen LogP contribution in [-0.2, 0) is 12.8 Å². The smallest absolute Gasteiger partial charge is 0.0162 e. The maximum Gasteiger partial charge on any atom is -0.0162 e. The molecule has 0 radical (unpaired) electrons. The molecule has 0 heteroatoms. The van der Waals surface area contributed by atoms with Crippen molar-refractivity contribution in [1.29, 1.82) is 0 Å². The molecule has 0 aliphatic heterocycles. The van der Waals surface area contributed by atoms with Gasteiger partial charge in [-0.05, 0) is 79.4 Å². The number of hydrogen-bond donors (Lipinski definition) is 0. The fraction of sp³-hybridized carbons (Fsp3) is 0.760. The van der Waals surface area contributed by atoms with E-state index in [-0.39, 0.29) is 0 Å². The second-order valence-corrected chi connectivity index (χ2v) is 8.97. The normalized spacial score (nSPS) is 26.4. The predicted octanol–water partition coefficient (Wildman–Crippen LogP) is 7.84. The fourth-order valence-corrected chi connectivity index (χ4v) is 5.27.